The van der Waals surface area contributed by atoms with Gasteiger partial charge < -0.3 is 4.74 Å². The van der Waals surface area contributed by atoms with Gasteiger partial charge in [-0.05, 0) is 44.8 Å². The molecule has 1 atom stereocenters. The van der Waals surface area contributed by atoms with E-state index in [2.05, 4.69) is 22.0 Å². The summed E-state index contributed by atoms with van der Waals surface area (Å²) in [6, 6.07) is 3.83. The van der Waals surface area contributed by atoms with Gasteiger partial charge in [0, 0.05) is 18.0 Å². The summed E-state index contributed by atoms with van der Waals surface area (Å²) in [5.74, 6) is 1.22. The fourth-order valence-electron chi connectivity index (χ4n) is 2.34. The molecule has 5 heteroatoms. The summed E-state index contributed by atoms with van der Waals surface area (Å²) in [7, 11) is 1.60. The number of ether oxygens (including phenoxy) is 1. The summed E-state index contributed by atoms with van der Waals surface area (Å²) in [5.41, 5.74) is 0.994. The Kier molecular flexibility index (Phi) is 4.78. The lowest BCUT2D eigenvalue weighted by Gasteiger charge is -2.32. The summed E-state index contributed by atoms with van der Waals surface area (Å²) in [6.07, 6.45) is 2.35. The van der Waals surface area contributed by atoms with Crippen LogP contribution in [0.25, 0.3) is 0 Å². The van der Waals surface area contributed by atoms with Gasteiger partial charge >= 0.3 is 0 Å². The third kappa shape index (κ3) is 3.56. The largest absolute Gasteiger partial charge is 0.480 e. The number of piperidine rings is 1. The highest BCUT2D eigenvalue weighted by Gasteiger charge is 2.22. The maximum atomic E-state index is 6.14. The van der Waals surface area contributed by atoms with Crippen molar-refractivity contribution in [1.29, 1.82) is 0 Å². The van der Waals surface area contributed by atoms with Crippen LogP contribution in [0.3, 0.4) is 0 Å². The SMILES string of the molecule is COc1ccc(CN2CCC(C(C)Cl)CC2)nn1. The molecule has 0 N–H and O–H groups in total. The molecule has 1 aliphatic heterocycles. The van der Waals surface area contributed by atoms with Crippen LogP contribution in [0.5, 0.6) is 5.88 Å². The first kappa shape index (κ1) is 13.6. The summed E-state index contributed by atoms with van der Waals surface area (Å²) in [6.45, 7) is 5.14. The topological polar surface area (TPSA) is 38.2 Å². The maximum absolute atomic E-state index is 6.14. The third-order valence-electron chi connectivity index (χ3n) is 3.57. The zero-order valence-electron chi connectivity index (χ0n) is 11.0. The van der Waals surface area contributed by atoms with Crippen LogP contribution in [0.15, 0.2) is 12.1 Å². The molecule has 0 bridgehead atoms. The molecule has 0 amide bonds. The van der Waals surface area contributed by atoms with Gasteiger partial charge in [-0.15, -0.1) is 16.7 Å². The molecule has 1 aromatic heterocycles. The van der Waals surface area contributed by atoms with Gasteiger partial charge in [-0.25, -0.2) is 0 Å². The van der Waals surface area contributed by atoms with E-state index in [-0.39, 0.29) is 5.38 Å². The van der Waals surface area contributed by atoms with Crippen LogP contribution in [0.2, 0.25) is 0 Å². The van der Waals surface area contributed by atoms with Crippen LogP contribution < -0.4 is 4.74 Å². The van der Waals surface area contributed by atoms with Crippen LogP contribution >= 0.6 is 11.6 Å². The van der Waals surface area contributed by atoms with Gasteiger partial charge in [0.05, 0.1) is 12.8 Å². The van der Waals surface area contributed by atoms with Gasteiger partial charge in [-0.3, -0.25) is 4.90 Å². The monoisotopic (exact) mass is 269 g/mol. The van der Waals surface area contributed by atoms with Gasteiger partial charge in [-0.2, -0.15) is 5.10 Å². The second-order valence-corrected chi connectivity index (χ2v) is 5.55. The second kappa shape index (κ2) is 6.34. The Morgan fingerprint density at radius 2 is 2.11 bits per heavy atom. The van der Waals surface area contributed by atoms with E-state index in [0.717, 1.165) is 25.3 Å². The number of hydrogen-bond acceptors (Lipinski definition) is 4. The van der Waals surface area contributed by atoms with Crippen LogP contribution in [0.1, 0.15) is 25.5 Å². The fraction of sp³-hybridized carbons (Fsp3) is 0.692. The van der Waals surface area contributed by atoms with E-state index in [4.69, 9.17) is 16.3 Å². The van der Waals surface area contributed by atoms with Crippen LogP contribution in [-0.2, 0) is 6.54 Å². The lowest BCUT2D eigenvalue weighted by molar-refractivity contribution is 0.174. The second-order valence-electron chi connectivity index (χ2n) is 4.86. The predicted molar refractivity (Wildman–Crippen MR) is 71.9 cm³/mol. The van der Waals surface area contributed by atoms with Crippen molar-refractivity contribution in [3.63, 3.8) is 0 Å². The Balaban J connectivity index is 1.83. The summed E-state index contributed by atoms with van der Waals surface area (Å²) in [4.78, 5) is 2.41. The molecule has 0 aliphatic carbocycles. The molecule has 1 aromatic rings. The lowest BCUT2D eigenvalue weighted by atomic mass is 9.94. The Bertz CT molecular complexity index is 361. The summed E-state index contributed by atoms with van der Waals surface area (Å²) < 4.78 is 5.00. The summed E-state index contributed by atoms with van der Waals surface area (Å²) in [5, 5.41) is 8.43. The predicted octanol–water partition coefficient (Wildman–Crippen LogP) is 2.32. The van der Waals surface area contributed by atoms with E-state index in [0.29, 0.717) is 11.8 Å². The molecule has 0 aromatic carbocycles. The van der Waals surface area contributed by atoms with E-state index in [1.54, 1.807) is 7.11 Å². The van der Waals surface area contributed by atoms with Gasteiger partial charge in [0.1, 0.15) is 0 Å². The maximum Gasteiger partial charge on any atom is 0.233 e. The number of rotatable bonds is 4. The molecular weight excluding hydrogens is 250 g/mol. The molecule has 18 heavy (non-hydrogen) atoms. The van der Waals surface area contributed by atoms with Crippen molar-refractivity contribution in [3.05, 3.63) is 17.8 Å². The average molecular weight is 270 g/mol. The number of nitrogens with zero attached hydrogens (tertiary/aromatic N) is 3. The number of alkyl halides is 1. The minimum atomic E-state index is 0.285. The Morgan fingerprint density at radius 1 is 1.39 bits per heavy atom. The molecule has 0 saturated carbocycles. The van der Waals surface area contributed by atoms with Crippen molar-refractivity contribution in [1.82, 2.24) is 15.1 Å². The number of methoxy groups -OCH3 is 1. The Morgan fingerprint density at radius 3 is 2.61 bits per heavy atom. The molecule has 1 aliphatic rings. The van der Waals surface area contributed by atoms with E-state index in [1.807, 2.05) is 12.1 Å². The number of aromatic nitrogens is 2. The Hall–Kier alpha value is -0.870. The zero-order chi connectivity index (χ0) is 13.0. The summed E-state index contributed by atoms with van der Waals surface area (Å²) >= 11 is 6.14. The first-order chi connectivity index (χ1) is 8.69. The lowest BCUT2D eigenvalue weighted by Crippen LogP contribution is -2.35. The highest BCUT2D eigenvalue weighted by molar-refractivity contribution is 6.20. The fourth-order valence-corrected chi connectivity index (χ4v) is 2.59. The van der Waals surface area contributed by atoms with Crippen molar-refractivity contribution < 1.29 is 4.74 Å². The highest BCUT2D eigenvalue weighted by atomic mass is 35.5. The van der Waals surface area contributed by atoms with Gasteiger partial charge in [0.25, 0.3) is 0 Å². The molecule has 2 heterocycles. The third-order valence-corrected chi connectivity index (χ3v) is 3.93. The molecule has 4 nitrogen and oxygen atoms in total. The molecule has 1 unspecified atom stereocenters. The molecule has 0 spiro atoms. The normalized spacial score (nSPS) is 19.7. The minimum absolute atomic E-state index is 0.285. The average Bonchev–Trinajstić information content (AvgIpc) is 2.40. The van der Waals surface area contributed by atoms with Gasteiger partial charge in [0.15, 0.2) is 0 Å². The van der Waals surface area contributed by atoms with Crippen molar-refractivity contribution >= 4 is 11.6 Å². The first-order valence-electron chi connectivity index (χ1n) is 6.42. The molecular formula is C13H20ClN3O. The van der Waals surface area contributed by atoms with Crippen molar-refractivity contribution in [2.75, 3.05) is 20.2 Å². The van der Waals surface area contributed by atoms with E-state index < -0.39 is 0 Å². The molecule has 1 fully saturated rings. The molecule has 2 rings (SSSR count). The standard InChI is InChI=1S/C13H20ClN3O/c1-10(14)11-5-7-17(8-6-11)9-12-3-4-13(18-2)16-15-12/h3-4,10-11H,5-9H2,1-2H3. The number of halogens is 1. The van der Waals surface area contributed by atoms with E-state index in [1.165, 1.54) is 12.8 Å². The van der Waals surface area contributed by atoms with Gasteiger partial charge in [0.2, 0.25) is 5.88 Å². The molecule has 100 valence electrons. The van der Waals surface area contributed by atoms with Crippen molar-refractivity contribution in [2.24, 2.45) is 5.92 Å². The van der Waals surface area contributed by atoms with Crippen LogP contribution in [0, 0.1) is 5.92 Å². The zero-order valence-corrected chi connectivity index (χ0v) is 11.7. The molecule has 1 saturated heterocycles. The molecule has 0 radical (unpaired) electrons. The van der Waals surface area contributed by atoms with E-state index in [9.17, 15) is 0 Å². The van der Waals surface area contributed by atoms with Crippen molar-refractivity contribution in [2.45, 2.75) is 31.7 Å². The number of likely N-dealkylation sites (tertiary alicyclic amines) is 1. The number of hydrogen-bond donors (Lipinski definition) is 0. The highest BCUT2D eigenvalue weighted by Crippen LogP contribution is 2.24. The Labute approximate surface area is 113 Å². The van der Waals surface area contributed by atoms with Gasteiger partial charge in [-0.1, -0.05) is 0 Å². The van der Waals surface area contributed by atoms with Crippen LogP contribution in [-0.4, -0.2) is 40.7 Å². The van der Waals surface area contributed by atoms with Crippen molar-refractivity contribution in [3.8, 4) is 5.88 Å². The minimum Gasteiger partial charge on any atom is -0.480 e. The van der Waals surface area contributed by atoms with Crippen LogP contribution in [0.4, 0.5) is 0 Å². The quantitative estimate of drug-likeness (QED) is 0.787. The first-order valence-corrected chi connectivity index (χ1v) is 6.85. The van der Waals surface area contributed by atoms with E-state index >= 15 is 0 Å². The smallest absolute Gasteiger partial charge is 0.233 e.